The Labute approximate surface area is 153 Å². The van der Waals surface area contributed by atoms with E-state index in [1.165, 1.54) is 17.1 Å². The van der Waals surface area contributed by atoms with E-state index in [9.17, 15) is 13.6 Å². The fourth-order valence-electron chi connectivity index (χ4n) is 2.93. The summed E-state index contributed by atoms with van der Waals surface area (Å²) in [5.41, 5.74) is 2.38. The lowest BCUT2D eigenvalue weighted by Crippen LogP contribution is -2.36. The maximum atomic E-state index is 14.3. The Morgan fingerprint density at radius 2 is 2.07 bits per heavy atom. The molecule has 1 fully saturated rings. The number of hydrogen-bond acceptors (Lipinski definition) is 4. The SMILES string of the molecule is O=C(Nc1n[nH]c(C2CC2)c1-c1ccccc1)C(F)(F)CCn1ccnn1. The maximum Gasteiger partial charge on any atom is 0.326 e. The van der Waals surface area contributed by atoms with Gasteiger partial charge in [0.05, 0.1) is 6.20 Å². The predicted octanol–water partition coefficient (Wildman–Crippen LogP) is 3.21. The van der Waals surface area contributed by atoms with Crippen LogP contribution in [0.25, 0.3) is 11.1 Å². The minimum atomic E-state index is -3.56. The van der Waals surface area contributed by atoms with Gasteiger partial charge in [-0.2, -0.15) is 13.9 Å². The molecule has 27 heavy (non-hydrogen) atoms. The first-order valence-corrected chi connectivity index (χ1v) is 8.71. The van der Waals surface area contributed by atoms with Crippen molar-refractivity contribution in [1.29, 1.82) is 0 Å². The number of aryl methyl sites for hydroxylation is 1. The van der Waals surface area contributed by atoms with Crippen LogP contribution in [0.1, 0.15) is 30.9 Å². The van der Waals surface area contributed by atoms with Crippen molar-refractivity contribution in [2.45, 2.75) is 37.6 Å². The Kier molecular flexibility index (Phi) is 4.43. The topological polar surface area (TPSA) is 88.5 Å². The van der Waals surface area contributed by atoms with Crippen LogP contribution in [-0.2, 0) is 11.3 Å². The molecule has 2 N–H and O–H groups in total. The van der Waals surface area contributed by atoms with Gasteiger partial charge in [-0.15, -0.1) is 5.10 Å². The molecule has 0 bridgehead atoms. The summed E-state index contributed by atoms with van der Waals surface area (Å²) in [6.07, 6.45) is 4.22. The van der Waals surface area contributed by atoms with E-state index < -0.39 is 18.3 Å². The van der Waals surface area contributed by atoms with Crippen LogP contribution in [0.5, 0.6) is 0 Å². The second kappa shape index (κ2) is 6.90. The van der Waals surface area contributed by atoms with Gasteiger partial charge in [0, 0.05) is 36.3 Å². The van der Waals surface area contributed by atoms with E-state index in [1.807, 2.05) is 30.3 Å². The molecule has 9 heteroatoms. The molecule has 1 aromatic carbocycles. The van der Waals surface area contributed by atoms with Gasteiger partial charge in [-0.1, -0.05) is 35.5 Å². The van der Waals surface area contributed by atoms with Gasteiger partial charge < -0.3 is 5.32 Å². The first-order chi connectivity index (χ1) is 13.0. The minimum absolute atomic E-state index is 0.111. The van der Waals surface area contributed by atoms with Crippen LogP contribution in [0.4, 0.5) is 14.6 Å². The first-order valence-electron chi connectivity index (χ1n) is 8.71. The lowest BCUT2D eigenvalue weighted by Gasteiger charge is -2.15. The zero-order chi connectivity index (χ0) is 18.9. The van der Waals surface area contributed by atoms with Crippen molar-refractivity contribution >= 4 is 11.7 Å². The molecule has 0 spiro atoms. The standard InChI is InChI=1S/C18H18F2N6O/c19-18(20,8-10-26-11-9-21-25-26)17(27)22-16-14(12-4-2-1-3-5-12)15(23-24-16)13-6-7-13/h1-5,9,11,13H,6-8,10H2,(H2,22,23,24,27). The number of aromatic amines is 1. The number of carbonyl (C=O) groups excluding carboxylic acids is 1. The number of H-pyrrole nitrogens is 1. The van der Waals surface area contributed by atoms with Crippen LogP contribution >= 0.6 is 0 Å². The van der Waals surface area contributed by atoms with Crippen LogP contribution in [0.15, 0.2) is 42.7 Å². The molecule has 0 aliphatic heterocycles. The number of halogens is 2. The summed E-state index contributed by atoms with van der Waals surface area (Å²) in [6.45, 7) is -0.111. The molecule has 1 saturated carbocycles. The number of alkyl halides is 2. The molecule has 7 nitrogen and oxygen atoms in total. The van der Waals surface area contributed by atoms with E-state index in [-0.39, 0.29) is 12.4 Å². The van der Waals surface area contributed by atoms with E-state index in [0.717, 1.165) is 24.1 Å². The fraction of sp³-hybridized carbons (Fsp3) is 0.333. The van der Waals surface area contributed by atoms with Crippen LogP contribution in [0, 0.1) is 0 Å². The molecule has 0 saturated heterocycles. The number of carbonyl (C=O) groups is 1. The van der Waals surface area contributed by atoms with Crippen molar-refractivity contribution in [3.05, 3.63) is 48.4 Å². The second-order valence-electron chi connectivity index (χ2n) is 6.58. The van der Waals surface area contributed by atoms with Crippen molar-refractivity contribution in [1.82, 2.24) is 25.2 Å². The monoisotopic (exact) mass is 372 g/mol. The van der Waals surface area contributed by atoms with Crippen LogP contribution in [0.3, 0.4) is 0 Å². The summed E-state index contributed by atoms with van der Waals surface area (Å²) in [7, 11) is 0. The fourth-order valence-corrected chi connectivity index (χ4v) is 2.93. The quantitative estimate of drug-likeness (QED) is 0.667. The van der Waals surface area contributed by atoms with Crippen LogP contribution < -0.4 is 5.32 Å². The Balaban J connectivity index is 1.54. The van der Waals surface area contributed by atoms with Gasteiger partial charge in [-0.05, 0) is 18.4 Å². The predicted molar refractivity (Wildman–Crippen MR) is 94.2 cm³/mol. The molecule has 140 valence electrons. The van der Waals surface area contributed by atoms with Gasteiger partial charge in [0.2, 0.25) is 0 Å². The highest BCUT2D eigenvalue weighted by atomic mass is 19.3. The normalized spacial score (nSPS) is 14.3. The first kappa shape index (κ1) is 17.3. The maximum absolute atomic E-state index is 14.3. The number of nitrogens with one attached hydrogen (secondary N) is 2. The number of benzene rings is 1. The second-order valence-corrected chi connectivity index (χ2v) is 6.58. The van der Waals surface area contributed by atoms with E-state index >= 15 is 0 Å². The van der Waals surface area contributed by atoms with Gasteiger partial charge in [0.15, 0.2) is 5.82 Å². The lowest BCUT2D eigenvalue weighted by molar-refractivity contribution is -0.140. The van der Waals surface area contributed by atoms with Crippen molar-refractivity contribution in [3.8, 4) is 11.1 Å². The van der Waals surface area contributed by atoms with E-state index in [2.05, 4.69) is 25.8 Å². The van der Waals surface area contributed by atoms with Gasteiger partial charge >= 0.3 is 5.92 Å². The average molecular weight is 372 g/mol. The molecule has 1 amide bonds. The van der Waals surface area contributed by atoms with Gasteiger partial charge in [-0.25, -0.2) is 0 Å². The average Bonchev–Trinajstić information content (AvgIpc) is 3.22. The summed E-state index contributed by atoms with van der Waals surface area (Å²) in [5, 5.41) is 16.5. The minimum Gasteiger partial charge on any atom is -0.303 e. The van der Waals surface area contributed by atoms with Crippen LogP contribution in [-0.4, -0.2) is 37.0 Å². The molecular weight excluding hydrogens is 354 g/mol. The van der Waals surface area contributed by atoms with E-state index in [0.29, 0.717) is 11.5 Å². The van der Waals surface area contributed by atoms with Gasteiger partial charge in [0.1, 0.15) is 0 Å². The van der Waals surface area contributed by atoms with Gasteiger partial charge in [0.25, 0.3) is 5.91 Å². The highest BCUT2D eigenvalue weighted by Crippen LogP contribution is 2.45. The summed E-state index contributed by atoms with van der Waals surface area (Å²) in [5.74, 6) is -4.48. The molecule has 1 aliphatic carbocycles. The Bertz CT molecular complexity index is 919. The third-order valence-electron chi connectivity index (χ3n) is 4.53. The molecule has 1 aliphatic rings. The number of hydrogen-bond donors (Lipinski definition) is 2. The van der Waals surface area contributed by atoms with Crippen molar-refractivity contribution in [2.75, 3.05) is 5.32 Å². The smallest absolute Gasteiger partial charge is 0.303 e. The van der Waals surface area contributed by atoms with E-state index in [1.54, 1.807) is 0 Å². The van der Waals surface area contributed by atoms with Crippen molar-refractivity contribution in [3.63, 3.8) is 0 Å². The number of rotatable bonds is 7. The third kappa shape index (κ3) is 3.71. The molecule has 2 aromatic heterocycles. The number of aromatic nitrogens is 5. The summed E-state index contributed by atoms with van der Waals surface area (Å²) < 4.78 is 29.9. The Morgan fingerprint density at radius 1 is 1.30 bits per heavy atom. The van der Waals surface area contributed by atoms with Crippen LogP contribution in [0.2, 0.25) is 0 Å². The summed E-state index contributed by atoms with van der Waals surface area (Å²) in [6, 6.07) is 9.33. The molecule has 0 unspecified atom stereocenters. The molecule has 4 rings (SSSR count). The molecule has 0 atom stereocenters. The molecule has 0 radical (unpaired) electrons. The zero-order valence-electron chi connectivity index (χ0n) is 14.4. The highest BCUT2D eigenvalue weighted by Gasteiger charge is 2.40. The highest BCUT2D eigenvalue weighted by molar-refractivity contribution is 5.98. The largest absolute Gasteiger partial charge is 0.326 e. The van der Waals surface area contributed by atoms with E-state index in [4.69, 9.17) is 0 Å². The van der Waals surface area contributed by atoms with Crippen molar-refractivity contribution in [2.24, 2.45) is 0 Å². The number of amides is 1. The Hall–Kier alpha value is -3.10. The summed E-state index contributed by atoms with van der Waals surface area (Å²) in [4.78, 5) is 12.2. The number of anilines is 1. The lowest BCUT2D eigenvalue weighted by atomic mass is 10.0. The third-order valence-corrected chi connectivity index (χ3v) is 4.53. The van der Waals surface area contributed by atoms with Gasteiger partial charge in [-0.3, -0.25) is 14.6 Å². The molecule has 3 aromatic rings. The number of nitrogens with zero attached hydrogens (tertiary/aromatic N) is 4. The molecule has 2 heterocycles. The van der Waals surface area contributed by atoms with Crippen molar-refractivity contribution < 1.29 is 13.6 Å². The summed E-state index contributed by atoms with van der Waals surface area (Å²) >= 11 is 0. The Morgan fingerprint density at radius 3 is 2.74 bits per heavy atom. The molecular formula is C18H18F2N6O. The zero-order valence-corrected chi connectivity index (χ0v) is 14.4.